The lowest BCUT2D eigenvalue weighted by Gasteiger charge is -2.32. The van der Waals surface area contributed by atoms with Crippen molar-refractivity contribution in [3.63, 3.8) is 0 Å². The molecule has 2 N–H and O–H groups in total. The number of aromatic nitrogens is 4. The molecular weight excluding hydrogens is 883 g/mol. The Kier molecular flexibility index (Phi) is 15.6. The number of piperazine rings is 1. The molecule has 2 aliphatic heterocycles. The standard InChI is InChI=1S/C24H26F3N5O2.C23H24F3N5O2/c1-31-11-2-12-32(14-13-31)23-28-16-18-15-19(6-9-21(18)30-23)29-22(33)10-5-17-3-7-20(8-4-17)34-24(25,26)27;1-30-10-12-31(13-11-30)22-27-15-17-14-18(5-8-20(17)29-22)28-21(32)9-4-16-2-6-19(7-3-16)33-23(24,25)26/h3-4,6-9,15-16H,2,5,10-14H2,1H3,(H,29,33);2-3,5-8,14-15H,4,9-13H2,1H3,(H,28,32). The van der Waals surface area contributed by atoms with E-state index in [0.717, 1.165) is 91.7 Å². The van der Waals surface area contributed by atoms with Gasteiger partial charge in [-0.1, -0.05) is 24.3 Å². The van der Waals surface area contributed by atoms with Gasteiger partial charge in [-0.15, -0.1) is 26.3 Å². The molecule has 2 saturated heterocycles. The fourth-order valence-corrected chi connectivity index (χ4v) is 7.44. The van der Waals surface area contributed by atoms with Crippen LogP contribution in [0.25, 0.3) is 21.8 Å². The summed E-state index contributed by atoms with van der Waals surface area (Å²) in [6.07, 6.45) is -3.69. The Morgan fingerprint density at radius 1 is 0.552 bits per heavy atom. The molecule has 67 heavy (non-hydrogen) atoms. The van der Waals surface area contributed by atoms with E-state index in [4.69, 9.17) is 4.98 Å². The average Bonchev–Trinajstić information content (AvgIpc) is 3.52. The molecule has 0 saturated carbocycles. The van der Waals surface area contributed by atoms with Gasteiger partial charge in [0.25, 0.3) is 0 Å². The van der Waals surface area contributed by atoms with Gasteiger partial charge in [-0.05, 0) is 112 Å². The SMILES string of the molecule is CN1CCCN(c2ncc3cc(NC(=O)CCc4ccc(OC(F)(F)F)cc4)ccc3n2)CC1.CN1CCN(c2ncc3cc(NC(=O)CCc4ccc(OC(F)(F)F)cc4)ccc3n2)CC1. The minimum Gasteiger partial charge on any atom is -0.406 e. The predicted octanol–water partition coefficient (Wildman–Crippen LogP) is 8.09. The van der Waals surface area contributed by atoms with E-state index in [0.29, 0.717) is 36.1 Å². The number of alkyl halides is 6. The number of hydrogen-bond acceptors (Lipinski definition) is 12. The van der Waals surface area contributed by atoms with Crippen LogP contribution >= 0.6 is 0 Å². The molecule has 354 valence electrons. The number of carbonyl (C=O) groups excluding carboxylic acids is 2. The maximum absolute atomic E-state index is 12.4. The number of hydrogen-bond donors (Lipinski definition) is 2. The number of aryl methyl sites for hydroxylation is 2. The van der Waals surface area contributed by atoms with Crippen LogP contribution in [0.1, 0.15) is 30.4 Å². The van der Waals surface area contributed by atoms with Crippen LogP contribution in [0.4, 0.5) is 49.6 Å². The minimum absolute atomic E-state index is 0.191. The number of amides is 2. The number of carbonyl (C=O) groups is 2. The predicted molar refractivity (Wildman–Crippen MR) is 243 cm³/mol. The fraction of sp³-hybridized carbons (Fsp3) is 0.362. The molecule has 2 aliphatic rings. The van der Waals surface area contributed by atoms with Crippen molar-refractivity contribution in [2.24, 2.45) is 0 Å². The number of nitrogens with zero attached hydrogens (tertiary/aromatic N) is 8. The van der Waals surface area contributed by atoms with Gasteiger partial charge in [0, 0.05) is 93.2 Å². The number of ether oxygens (including phenoxy) is 2. The summed E-state index contributed by atoms with van der Waals surface area (Å²) in [5.41, 5.74) is 4.36. The molecule has 4 heterocycles. The van der Waals surface area contributed by atoms with Crippen LogP contribution in [0.2, 0.25) is 0 Å². The highest BCUT2D eigenvalue weighted by Crippen LogP contribution is 2.26. The van der Waals surface area contributed by atoms with Crippen molar-refractivity contribution in [2.45, 2.75) is 44.8 Å². The second-order valence-corrected chi connectivity index (χ2v) is 16.3. The highest BCUT2D eigenvalue weighted by Gasteiger charge is 2.32. The number of rotatable bonds is 12. The number of benzene rings is 4. The van der Waals surface area contributed by atoms with Gasteiger partial charge < -0.3 is 39.7 Å². The quantitative estimate of drug-likeness (QED) is 0.115. The van der Waals surface area contributed by atoms with E-state index < -0.39 is 12.7 Å². The lowest BCUT2D eigenvalue weighted by molar-refractivity contribution is -0.275. The highest BCUT2D eigenvalue weighted by molar-refractivity contribution is 5.94. The smallest absolute Gasteiger partial charge is 0.406 e. The number of fused-ring (bicyclic) bond motifs is 2. The minimum atomic E-state index is -4.72. The Bertz CT molecular complexity index is 2610. The van der Waals surface area contributed by atoms with Crippen LogP contribution in [-0.4, -0.2) is 121 Å². The van der Waals surface area contributed by atoms with E-state index in [1.165, 1.54) is 48.5 Å². The molecule has 0 spiro atoms. The van der Waals surface area contributed by atoms with Gasteiger partial charge >= 0.3 is 12.7 Å². The van der Waals surface area contributed by atoms with Crippen molar-refractivity contribution in [1.29, 1.82) is 0 Å². The molecule has 4 aromatic carbocycles. The van der Waals surface area contributed by atoms with Crippen molar-refractivity contribution in [3.8, 4) is 11.5 Å². The molecule has 8 rings (SSSR count). The third kappa shape index (κ3) is 14.9. The molecule has 0 atom stereocenters. The van der Waals surface area contributed by atoms with E-state index >= 15 is 0 Å². The largest absolute Gasteiger partial charge is 0.573 e. The summed E-state index contributed by atoms with van der Waals surface area (Å²) in [4.78, 5) is 52.0. The zero-order valence-electron chi connectivity index (χ0n) is 36.9. The van der Waals surface area contributed by atoms with Crippen molar-refractivity contribution < 1.29 is 45.4 Å². The van der Waals surface area contributed by atoms with Crippen molar-refractivity contribution in [1.82, 2.24) is 29.7 Å². The Hall–Kier alpha value is -6.80. The molecular formula is C47H50F6N10O4. The number of likely N-dealkylation sites (N-methyl/N-ethyl adjacent to an activating group) is 2. The van der Waals surface area contributed by atoms with Crippen molar-refractivity contribution >= 4 is 56.9 Å². The molecule has 0 radical (unpaired) electrons. The maximum atomic E-state index is 12.4. The molecule has 2 fully saturated rings. The molecule has 0 unspecified atom stereocenters. The zero-order valence-corrected chi connectivity index (χ0v) is 36.9. The summed E-state index contributed by atoms with van der Waals surface area (Å²) in [6, 6.07) is 22.0. The van der Waals surface area contributed by atoms with Crippen LogP contribution in [0.5, 0.6) is 11.5 Å². The van der Waals surface area contributed by atoms with Gasteiger partial charge in [0.2, 0.25) is 23.7 Å². The first-order chi connectivity index (χ1) is 32.0. The van der Waals surface area contributed by atoms with Gasteiger partial charge in [0.05, 0.1) is 11.0 Å². The number of nitrogens with one attached hydrogen (secondary N) is 2. The monoisotopic (exact) mass is 932 g/mol. The Morgan fingerprint density at radius 2 is 0.955 bits per heavy atom. The first-order valence-electron chi connectivity index (χ1n) is 21.7. The van der Waals surface area contributed by atoms with Crippen molar-refractivity contribution in [2.75, 3.05) is 86.9 Å². The first kappa shape index (κ1) is 48.1. The van der Waals surface area contributed by atoms with Gasteiger partial charge in [-0.3, -0.25) is 9.59 Å². The summed E-state index contributed by atoms with van der Waals surface area (Å²) < 4.78 is 81.1. The molecule has 2 amide bonds. The average molecular weight is 933 g/mol. The first-order valence-corrected chi connectivity index (χ1v) is 21.7. The summed E-state index contributed by atoms with van der Waals surface area (Å²) in [7, 11) is 4.21. The zero-order chi connectivity index (χ0) is 47.6. The van der Waals surface area contributed by atoms with Crippen LogP contribution in [0.3, 0.4) is 0 Å². The van der Waals surface area contributed by atoms with Gasteiger partial charge in [-0.2, -0.15) is 0 Å². The molecule has 6 aromatic rings. The summed E-state index contributed by atoms with van der Waals surface area (Å²) in [5.74, 6) is 0.460. The van der Waals surface area contributed by atoms with E-state index in [2.05, 4.69) is 68.8 Å². The van der Waals surface area contributed by atoms with Gasteiger partial charge in [0.15, 0.2) is 0 Å². The second kappa shape index (κ2) is 21.7. The lowest BCUT2D eigenvalue weighted by Crippen LogP contribution is -2.45. The molecule has 14 nitrogen and oxygen atoms in total. The Morgan fingerprint density at radius 3 is 1.37 bits per heavy atom. The van der Waals surface area contributed by atoms with Crippen LogP contribution in [0, 0.1) is 0 Å². The third-order valence-corrected chi connectivity index (χ3v) is 11.1. The lowest BCUT2D eigenvalue weighted by atomic mass is 10.1. The van der Waals surface area contributed by atoms with Crippen LogP contribution in [0.15, 0.2) is 97.3 Å². The second-order valence-electron chi connectivity index (χ2n) is 16.3. The molecule has 20 heteroatoms. The maximum Gasteiger partial charge on any atom is 0.573 e. The molecule has 0 aliphatic carbocycles. The van der Waals surface area contributed by atoms with Crippen LogP contribution < -0.4 is 29.9 Å². The number of halogens is 6. The highest BCUT2D eigenvalue weighted by atomic mass is 19.4. The summed E-state index contributed by atoms with van der Waals surface area (Å²) >= 11 is 0. The van der Waals surface area contributed by atoms with E-state index in [-0.39, 0.29) is 36.2 Å². The van der Waals surface area contributed by atoms with Gasteiger partial charge in [-0.25, -0.2) is 19.9 Å². The third-order valence-electron chi connectivity index (χ3n) is 11.1. The van der Waals surface area contributed by atoms with E-state index in [1.54, 1.807) is 24.5 Å². The molecule has 2 aromatic heterocycles. The summed E-state index contributed by atoms with van der Waals surface area (Å²) in [6.45, 7) is 7.54. The normalized spacial score (nSPS) is 15.1. The summed E-state index contributed by atoms with van der Waals surface area (Å²) in [5, 5.41) is 7.35. The topological polar surface area (TPSA) is 141 Å². The van der Waals surface area contributed by atoms with Crippen molar-refractivity contribution in [3.05, 3.63) is 108 Å². The Labute approximate surface area is 382 Å². The van der Waals surface area contributed by atoms with Crippen LogP contribution in [-0.2, 0) is 22.4 Å². The molecule has 0 bridgehead atoms. The number of anilines is 4. The van der Waals surface area contributed by atoms with E-state index in [9.17, 15) is 35.9 Å². The van der Waals surface area contributed by atoms with E-state index in [1.807, 2.05) is 24.3 Å². The fourth-order valence-electron chi connectivity index (χ4n) is 7.44. The Balaban J connectivity index is 0.000000199. The van der Waals surface area contributed by atoms with Gasteiger partial charge in [0.1, 0.15) is 11.5 Å².